The maximum Gasteiger partial charge on any atom is 0.278 e. The van der Waals surface area contributed by atoms with Crippen LogP contribution in [0.5, 0.6) is 0 Å². The predicted molar refractivity (Wildman–Crippen MR) is 121 cm³/mol. The lowest BCUT2D eigenvalue weighted by Crippen LogP contribution is -2.32. The van der Waals surface area contributed by atoms with Gasteiger partial charge in [0.2, 0.25) is 6.69 Å². The van der Waals surface area contributed by atoms with E-state index < -0.39 is 19.2 Å². The van der Waals surface area contributed by atoms with Crippen molar-refractivity contribution in [2.24, 2.45) is 0 Å². The fourth-order valence-corrected chi connectivity index (χ4v) is 14.7. The predicted octanol–water partition coefficient (Wildman–Crippen LogP) is 6.74. The number of hydrogen-bond donors (Lipinski definition) is 0. The molecular formula is C21H31O2P2S+. The second-order valence-electron chi connectivity index (χ2n) is 8.38. The van der Waals surface area contributed by atoms with Gasteiger partial charge in [-0.05, 0) is 45.0 Å². The Morgan fingerprint density at radius 1 is 0.846 bits per heavy atom. The summed E-state index contributed by atoms with van der Waals surface area (Å²) in [4.78, 5) is 0. The summed E-state index contributed by atoms with van der Waals surface area (Å²) in [5.41, 5.74) is 0. The zero-order valence-electron chi connectivity index (χ0n) is 16.9. The number of benzene rings is 2. The molecule has 0 spiro atoms. The molecule has 5 heteroatoms. The third-order valence-corrected chi connectivity index (χ3v) is 16.7. The molecule has 2 unspecified atom stereocenters. The number of rotatable bonds is 5. The standard InChI is InChI=1S/C21H31O2P2S/c1-20(2,3)24(22,18-14-10-8-11-15-18)23-25(26-7,21(4,5)6)19-16-12-9-13-17-19/h8-17H,1-7H3/q+1. The second-order valence-corrected chi connectivity index (χ2v) is 18.0. The molecule has 0 fully saturated rings. The number of hydrogen-bond acceptors (Lipinski definition) is 3. The first-order valence-electron chi connectivity index (χ1n) is 8.85. The van der Waals surface area contributed by atoms with E-state index in [2.05, 4.69) is 39.2 Å². The first kappa shape index (κ1) is 21.7. The fourth-order valence-electron chi connectivity index (χ4n) is 2.94. The molecule has 0 saturated heterocycles. The summed E-state index contributed by atoms with van der Waals surface area (Å²) in [6.07, 6.45) is 2.09. The Labute approximate surface area is 163 Å². The zero-order chi connectivity index (χ0) is 19.6. The highest BCUT2D eigenvalue weighted by molar-refractivity contribution is 8.63. The molecule has 2 aromatic rings. The molecule has 2 nitrogen and oxygen atoms in total. The van der Waals surface area contributed by atoms with Crippen molar-refractivity contribution in [3.8, 4) is 0 Å². The van der Waals surface area contributed by atoms with Crippen molar-refractivity contribution in [1.29, 1.82) is 0 Å². The summed E-state index contributed by atoms with van der Waals surface area (Å²) >= 11 is 1.73. The van der Waals surface area contributed by atoms with Crippen molar-refractivity contribution >= 4 is 36.1 Å². The Balaban J connectivity index is 2.71. The SMILES string of the molecule is CS[P+](OP(=O)(c1ccccc1)C(C)(C)C)(c1ccccc1)C(C)(C)C. The normalized spacial score (nSPS) is 17.3. The van der Waals surface area contributed by atoms with E-state index in [0.29, 0.717) is 0 Å². The van der Waals surface area contributed by atoms with Crippen LogP contribution < -0.4 is 10.6 Å². The van der Waals surface area contributed by atoms with Crippen LogP contribution >= 0.6 is 25.4 Å². The van der Waals surface area contributed by atoms with Gasteiger partial charge in [0, 0.05) is 16.7 Å². The topological polar surface area (TPSA) is 26.3 Å². The molecule has 0 heterocycles. The highest BCUT2D eigenvalue weighted by atomic mass is 32.7. The molecule has 0 radical (unpaired) electrons. The maximum atomic E-state index is 14.4. The van der Waals surface area contributed by atoms with Gasteiger partial charge >= 0.3 is 0 Å². The van der Waals surface area contributed by atoms with Gasteiger partial charge in [0.15, 0.2) is 0 Å². The van der Waals surface area contributed by atoms with Gasteiger partial charge in [-0.15, -0.1) is 0 Å². The van der Waals surface area contributed by atoms with E-state index in [4.69, 9.17) is 4.31 Å². The molecule has 0 aromatic heterocycles. The molecule has 2 aromatic carbocycles. The summed E-state index contributed by atoms with van der Waals surface area (Å²) in [7, 11) is -3.13. The summed E-state index contributed by atoms with van der Waals surface area (Å²) < 4.78 is 21.3. The molecule has 0 amide bonds. The Morgan fingerprint density at radius 2 is 1.31 bits per heavy atom. The van der Waals surface area contributed by atoms with Crippen molar-refractivity contribution in [2.45, 2.75) is 51.9 Å². The minimum Gasteiger partial charge on any atom is -0.283 e. The lowest BCUT2D eigenvalue weighted by Gasteiger charge is -2.39. The molecule has 0 aliphatic heterocycles. The second kappa shape index (κ2) is 7.80. The van der Waals surface area contributed by atoms with E-state index in [1.54, 1.807) is 11.4 Å². The van der Waals surface area contributed by atoms with Crippen LogP contribution in [0.25, 0.3) is 0 Å². The van der Waals surface area contributed by atoms with Gasteiger partial charge < -0.3 is 0 Å². The Morgan fingerprint density at radius 3 is 1.69 bits per heavy atom. The highest BCUT2D eigenvalue weighted by Gasteiger charge is 2.61. The maximum absolute atomic E-state index is 14.4. The minimum atomic E-state index is -3.13. The lowest BCUT2D eigenvalue weighted by molar-refractivity contribution is 0.473. The molecule has 0 bridgehead atoms. The average molecular weight is 409 g/mol. The van der Waals surface area contributed by atoms with Gasteiger partial charge in [0.25, 0.3) is 7.37 Å². The van der Waals surface area contributed by atoms with Gasteiger partial charge in [0.05, 0.1) is 11.4 Å². The first-order chi connectivity index (χ1) is 12.0. The van der Waals surface area contributed by atoms with Crippen molar-refractivity contribution in [2.75, 3.05) is 6.26 Å². The fraction of sp³-hybridized carbons (Fsp3) is 0.429. The Bertz CT molecular complexity index is 764. The smallest absolute Gasteiger partial charge is 0.278 e. The highest BCUT2D eigenvalue weighted by Crippen LogP contribution is 2.84. The lowest BCUT2D eigenvalue weighted by atomic mass is 10.3. The van der Waals surface area contributed by atoms with Crippen molar-refractivity contribution in [3.63, 3.8) is 0 Å². The van der Waals surface area contributed by atoms with E-state index in [1.807, 2.05) is 69.3 Å². The van der Waals surface area contributed by atoms with Crippen LogP contribution in [0.4, 0.5) is 0 Å². The van der Waals surface area contributed by atoms with Crippen LogP contribution in [-0.2, 0) is 8.88 Å². The van der Waals surface area contributed by atoms with E-state index in [-0.39, 0.29) is 5.16 Å². The molecule has 2 rings (SSSR count). The zero-order valence-corrected chi connectivity index (χ0v) is 19.5. The van der Waals surface area contributed by atoms with E-state index >= 15 is 0 Å². The molecule has 26 heavy (non-hydrogen) atoms. The molecule has 0 aliphatic rings. The van der Waals surface area contributed by atoms with Gasteiger partial charge in [-0.1, -0.05) is 57.2 Å². The quantitative estimate of drug-likeness (QED) is 0.512. The third kappa shape index (κ3) is 3.97. The van der Waals surface area contributed by atoms with Crippen LogP contribution in [0.2, 0.25) is 0 Å². The minimum absolute atomic E-state index is 0.149. The van der Waals surface area contributed by atoms with E-state index in [9.17, 15) is 4.57 Å². The summed E-state index contributed by atoms with van der Waals surface area (Å²) in [6, 6.07) is 20.0. The van der Waals surface area contributed by atoms with E-state index in [0.717, 1.165) is 10.6 Å². The van der Waals surface area contributed by atoms with Crippen LogP contribution in [0, 0.1) is 0 Å². The van der Waals surface area contributed by atoms with Crippen molar-refractivity contribution in [1.82, 2.24) is 0 Å². The molecule has 142 valence electrons. The van der Waals surface area contributed by atoms with Crippen LogP contribution in [0.3, 0.4) is 0 Å². The molecular weight excluding hydrogens is 378 g/mol. The Kier molecular flexibility index (Phi) is 6.51. The first-order valence-corrected chi connectivity index (χ1v) is 14.0. The molecule has 0 N–H and O–H groups in total. The summed E-state index contributed by atoms with van der Waals surface area (Å²) in [5, 5.41) is 1.31. The summed E-state index contributed by atoms with van der Waals surface area (Å²) in [6.45, 7) is 10.4. The Hall–Kier alpha value is -0.590. The molecule has 2 atom stereocenters. The molecule has 0 aliphatic carbocycles. The average Bonchev–Trinajstić information content (AvgIpc) is 2.59. The van der Waals surface area contributed by atoms with Gasteiger partial charge in [0.1, 0.15) is 10.5 Å². The van der Waals surface area contributed by atoms with Crippen LogP contribution in [0.15, 0.2) is 60.7 Å². The van der Waals surface area contributed by atoms with Gasteiger partial charge in [-0.2, -0.15) is 4.31 Å². The van der Waals surface area contributed by atoms with Gasteiger partial charge in [-0.3, -0.25) is 4.57 Å². The third-order valence-electron chi connectivity index (χ3n) is 4.45. The van der Waals surface area contributed by atoms with Gasteiger partial charge in [-0.25, -0.2) is 0 Å². The molecule has 0 saturated carbocycles. The largest absolute Gasteiger partial charge is 0.283 e. The van der Waals surface area contributed by atoms with Crippen molar-refractivity contribution < 1.29 is 8.88 Å². The monoisotopic (exact) mass is 409 g/mol. The van der Waals surface area contributed by atoms with Crippen LogP contribution in [-0.4, -0.2) is 16.6 Å². The summed E-state index contributed by atoms with van der Waals surface area (Å²) in [5.74, 6) is 0. The van der Waals surface area contributed by atoms with Crippen LogP contribution in [0.1, 0.15) is 41.5 Å². The van der Waals surface area contributed by atoms with E-state index in [1.165, 1.54) is 0 Å². The van der Waals surface area contributed by atoms with Crippen molar-refractivity contribution in [3.05, 3.63) is 60.7 Å².